The predicted molar refractivity (Wildman–Crippen MR) is 65.9 cm³/mol. The van der Waals surface area contributed by atoms with Crippen molar-refractivity contribution in [3.8, 4) is 11.3 Å². The standard InChI is InChI=1S/C11H8ClN3S/c12-4-9-6-14-11-15(9)10(7-16-11)8-2-1-3-13-5-8/h1-3,5-7H,4H2. The normalized spacial score (nSPS) is 11.1. The summed E-state index contributed by atoms with van der Waals surface area (Å²) in [5, 5.41) is 2.08. The number of hydrogen-bond acceptors (Lipinski definition) is 3. The summed E-state index contributed by atoms with van der Waals surface area (Å²) in [6.07, 6.45) is 5.43. The Balaban J connectivity index is 2.28. The number of pyridine rings is 1. The van der Waals surface area contributed by atoms with Gasteiger partial charge >= 0.3 is 0 Å². The van der Waals surface area contributed by atoms with Gasteiger partial charge in [-0.15, -0.1) is 22.9 Å². The molecule has 0 N–H and O–H groups in total. The quantitative estimate of drug-likeness (QED) is 0.653. The molecule has 0 aliphatic heterocycles. The van der Waals surface area contributed by atoms with Crippen LogP contribution in [0.25, 0.3) is 16.2 Å². The maximum absolute atomic E-state index is 5.89. The van der Waals surface area contributed by atoms with E-state index in [9.17, 15) is 0 Å². The number of thiazole rings is 1. The topological polar surface area (TPSA) is 30.2 Å². The minimum atomic E-state index is 0.463. The van der Waals surface area contributed by atoms with Crippen molar-refractivity contribution < 1.29 is 0 Å². The Morgan fingerprint density at radius 1 is 1.38 bits per heavy atom. The predicted octanol–water partition coefficient (Wildman–Crippen LogP) is 3.20. The van der Waals surface area contributed by atoms with Crippen LogP contribution in [0.3, 0.4) is 0 Å². The fourth-order valence-electron chi connectivity index (χ4n) is 1.68. The number of imidazole rings is 1. The second kappa shape index (κ2) is 3.88. The van der Waals surface area contributed by atoms with Gasteiger partial charge in [-0.05, 0) is 12.1 Å². The van der Waals surface area contributed by atoms with Crippen LogP contribution in [0.2, 0.25) is 0 Å². The van der Waals surface area contributed by atoms with Gasteiger partial charge in [-0.25, -0.2) is 4.98 Å². The number of halogens is 1. The number of hydrogen-bond donors (Lipinski definition) is 0. The first-order valence-corrected chi connectivity index (χ1v) is 6.22. The first-order valence-electron chi connectivity index (χ1n) is 4.80. The Bertz CT molecular complexity index is 614. The van der Waals surface area contributed by atoms with Crippen LogP contribution in [-0.4, -0.2) is 14.4 Å². The van der Waals surface area contributed by atoms with Crippen LogP contribution >= 0.6 is 22.9 Å². The Kier molecular flexibility index (Phi) is 2.38. The summed E-state index contributed by atoms with van der Waals surface area (Å²) >= 11 is 7.50. The van der Waals surface area contributed by atoms with Crippen molar-refractivity contribution in [1.29, 1.82) is 0 Å². The van der Waals surface area contributed by atoms with Crippen LogP contribution in [0.4, 0.5) is 0 Å². The number of rotatable bonds is 2. The second-order valence-corrected chi connectivity index (χ2v) is 4.47. The van der Waals surface area contributed by atoms with Crippen LogP contribution in [0.5, 0.6) is 0 Å². The van der Waals surface area contributed by atoms with Gasteiger partial charge in [0.05, 0.1) is 23.5 Å². The van der Waals surface area contributed by atoms with Gasteiger partial charge in [0.1, 0.15) is 0 Å². The van der Waals surface area contributed by atoms with Crippen LogP contribution in [0.15, 0.2) is 36.1 Å². The lowest BCUT2D eigenvalue weighted by Crippen LogP contribution is -1.90. The number of alkyl halides is 1. The van der Waals surface area contributed by atoms with E-state index in [0.29, 0.717) is 5.88 Å². The monoisotopic (exact) mass is 249 g/mol. The molecule has 5 heteroatoms. The molecule has 0 saturated heterocycles. The molecule has 0 aromatic carbocycles. The molecule has 0 amide bonds. The smallest absolute Gasteiger partial charge is 0.194 e. The van der Waals surface area contributed by atoms with Crippen molar-refractivity contribution in [3.05, 3.63) is 41.8 Å². The summed E-state index contributed by atoms with van der Waals surface area (Å²) in [5.74, 6) is 0.463. The molecule has 16 heavy (non-hydrogen) atoms. The summed E-state index contributed by atoms with van der Waals surface area (Å²) in [5.41, 5.74) is 3.19. The van der Waals surface area contributed by atoms with Crippen LogP contribution in [0, 0.1) is 0 Å². The number of aromatic nitrogens is 3. The molecule has 0 atom stereocenters. The zero-order valence-corrected chi connectivity index (χ0v) is 9.87. The van der Waals surface area contributed by atoms with Crippen molar-refractivity contribution in [2.45, 2.75) is 5.88 Å². The van der Waals surface area contributed by atoms with Gasteiger partial charge in [0.25, 0.3) is 0 Å². The maximum Gasteiger partial charge on any atom is 0.194 e. The molecular formula is C11H8ClN3S. The molecule has 0 aliphatic carbocycles. The summed E-state index contributed by atoms with van der Waals surface area (Å²) < 4.78 is 2.08. The van der Waals surface area contributed by atoms with E-state index in [4.69, 9.17) is 11.6 Å². The molecular weight excluding hydrogens is 242 g/mol. The fraction of sp³-hybridized carbons (Fsp3) is 0.0909. The fourth-order valence-corrected chi connectivity index (χ4v) is 2.76. The Morgan fingerprint density at radius 3 is 3.06 bits per heavy atom. The molecule has 0 fully saturated rings. The van der Waals surface area contributed by atoms with Gasteiger partial charge in [-0.3, -0.25) is 9.38 Å². The maximum atomic E-state index is 5.89. The molecule has 3 heterocycles. The third-order valence-corrected chi connectivity index (χ3v) is 3.53. The van der Waals surface area contributed by atoms with E-state index >= 15 is 0 Å². The van der Waals surface area contributed by atoms with Gasteiger partial charge in [0.2, 0.25) is 0 Å². The lowest BCUT2D eigenvalue weighted by molar-refractivity contribution is 1.12. The largest absolute Gasteiger partial charge is 0.286 e. The highest BCUT2D eigenvalue weighted by Crippen LogP contribution is 2.27. The second-order valence-electron chi connectivity index (χ2n) is 3.36. The lowest BCUT2D eigenvalue weighted by atomic mass is 10.2. The summed E-state index contributed by atoms with van der Waals surface area (Å²) in [4.78, 5) is 9.40. The Hall–Kier alpha value is -1.39. The highest BCUT2D eigenvalue weighted by atomic mass is 35.5. The highest BCUT2D eigenvalue weighted by Gasteiger charge is 2.10. The molecule has 3 aromatic heterocycles. The van der Waals surface area contributed by atoms with E-state index in [-0.39, 0.29) is 0 Å². The number of nitrogens with zero attached hydrogens (tertiary/aromatic N) is 3. The molecule has 0 unspecified atom stereocenters. The van der Waals surface area contributed by atoms with Crippen LogP contribution in [0.1, 0.15) is 5.69 Å². The first-order chi connectivity index (χ1) is 7.90. The van der Waals surface area contributed by atoms with Crippen molar-refractivity contribution in [2.75, 3.05) is 0 Å². The SMILES string of the molecule is ClCc1cnc2scc(-c3cccnc3)n12. The van der Waals surface area contributed by atoms with Crippen LogP contribution in [-0.2, 0) is 5.88 Å². The molecule has 0 aliphatic rings. The lowest BCUT2D eigenvalue weighted by Gasteiger charge is -2.00. The van der Waals surface area contributed by atoms with E-state index in [0.717, 1.165) is 21.9 Å². The van der Waals surface area contributed by atoms with Gasteiger partial charge in [-0.2, -0.15) is 0 Å². The molecule has 0 saturated carbocycles. The van der Waals surface area contributed by atoms with Crippen LogP contribution < -0.4 is 0 Å². The van der Waals surface area contributed by atoms with E-state index in [1.54, 1.807) is 17.5 Å². The van der Waals surface area contributed by atoms with Crippen molar-refractivity contribution in [3.63, 3.8) is 0 Å². The minimum absolute atomic E-state index is 0.463. The molecule has 0 radical (unpaired) electrons. The van der Waals surface area contributed by atoms with Gasteiger partial charge in [0, 0.05) is 23.3 Å². The van der Waals surface area contributed by atoms with E-state index in [1.165, 1.54) is 0 Å². The first kappa shape index (κ1) is 9.81. The number of fused-ring (bicyclic) bond motifs is 1. The summed E-state index contributed by atoms with van der Waals surface area (Å²) in [6.45, 7) is 0. The van der Waals surface area contributed by atoms with E-state index in [2.05, 4.69) is 19.7 Å². The van der Waals surface area contributed by atoms with Gasteiger partial charge in [-0.1, -0.05) is 0 Å². The van der Waals surface area contributed by atoms with Crippen molar-refractivity contribution in [2.24, 2.45) is 0 Å². The van der Waals surface area contributed by atoms with E-state index in [1.807, 2.05) is 24.5 Å². The molecule has 80 valence electrons. The summed E-state index contributed by atoms with van der Waals surface area (Å²) in [7, 11) is 0. The Morgan fingerprint density at radius 2 is 2.31 bits per heavy atom. The minimum Gasteiger partial charge on any atom is -0.286 e. The van der Waals surface area contributed by atoms with Gasteiger partial charge < -0.3 is 0 Å². The zero-order chi connectivity index (χ0) is 11.0. The van der Waals surface area contributed by atoms with Crippen molar-refractivity contribution >= 4 is 27.9 Å². The average molecular weight is 250 g/mol. The van der Waals surface area contributed by atoms with E-state index < -0.39 is 0 Å². The molecule has 0 bridgehead atoms. The van der Waals surface area contributed by atoms with Crippen molar-refractivity contribution in [1.82, 2.24) is 14.4 Å². The molecule has 3 rings (SSSR count). The van der Waals surface area contributed by atoms with Gasteiger partial charge in [0.15, 0.2) is 4.96 Å². The molecule has 3 nitrogen and oxygen atoms in total. The molecule has 3 aromatic rings. The average Bonchev–Trinajstić information content (AvgIpc) is 2.90. The highest BCUT2D eigenvalue weighted by molar-refractivity contribution is 7.15. The third kappa shape index (κ3) is 1.42. The summed E-state index contributed by atoms with van der Waals surface area (Å²) in [6, 6.07) is 3.96. The third-order valence-electron chi connectivity index (χ3n) is 2.41. The zero-order valence-electron chi connectivity index (χ0n) is 8.30. The Labute approximate surface area is 101 Å². The molecule has 0 spiro atoms.